The zero-order valence-electron chi connectivity index (χ0n) is 10.9. The molecule has 1 aromatic carbocycles. The van der Waals surface area contributed by atoms with Crippen LogP contribution in [0.1, 0.15) is 12.5 Å². The maximum Gasteiger partial charge on any atom is 0.416 e. The third-order valence-electron chi connectivity index (χ3n) is 2.55. The van der Waals surface area contributed by atoms with E-state index in [1.165, 1.54) is 6.92 Å². The maximum atomic E-state index is 12.7. The number of nitro groups is 2. The highest BCUT2D eigenvalue weighted by atomic mass is 19.4. The van der Waals surface area contributed by atoms with Crippen LogP contribution in [0.15, 0.2) is 12.1 Å². The molecule has 0 N–H and O–H groups in total. The summed E-state index contributed by atoms with van der Waals surface area (Å²) in [7, 11) is 1.09. The second kappa shape index (κ2) is 5.91. The van der Waals surface area contributed by atoms with Gasteiger partial charge in [-0.2, -0.15) is 13.2 Å². The quantitative estimate of drug-likeness (QED) is 0.612. The second-order valence-corrected chi connectivity index (χ2v) is 3.75. The lowest BCUT2D eigenvalue weighted by molar-refractivity contribution is -0.393. The van der Waals surface area contributed by atoms with Crippen molar-refractivity contribution in [3.05, 3.63) is 37.9 Å². The summed E-state index contributed by atoms with van der Waals surface area (Å²) in [4.78, 5) is 24.4. The van der Waals surface area contributed by atoms with Crippen LogP contribution in [0.4, 0.5) is 30.2 Å². The van der Waals surface area contributed by atoms with Crippen LogP contribution in [-0.4, -0.2) is 23.5 Å². The molecule has 21 heavy (non-hydrogen) atoms. The van der Waals surface area contributed by atoms with Gasteiger partial charge in [0, 0.05) is 18.7 Å². The van der Waals surface area contributed by atoms with Crippen molar-refractivity contribution >= 4 is 17.1 Å². The van der Waals surface area contributed by atoms with Gasteiger partial charge in [0.2, 0.25) is 5.69 Å². The van der Waals surface area contributed by atoms with Crippen molar-refractivity contribution in [3.8, 4) is 0 Å². The average Bonchev–Trinajstić information content (AvgIpc) is 2.38. The van der Waals surface area contributed by atoms with E-state index in [-0.39, 0.29) is 18.7 Å². The number of hydroxylamine groups is 1. The van der Waals surface area contributed by atoms with E-state index in [2.05, 4.69) is 0 Å². The summed E-state index contributed by atoms with van der Waals surface area (Å²) < 4.78 is 38.0. The summed E-state index contributed by atoms with van der Waals surface area (Å²) >= 11 is 0. The van der Waals surface area contributed by atoms with Gasteiger partial charge in [0.1, 0.15) is 0 Å². The molecule has 0 bridgehead atoms. The van der Waals surface area contributed by atoms with Gasteiger partial charge >= 0.3 is 17.6 Å². The predicted octanol–water partition coefficient (Wildman–Crippen LogP) is 2.91. The second-order valence-electron chi connectivity index (χ2n) is 3.75. The highest BCUT2D eigenvalue weighted by Crippen LogP contribution is 2.42. The first-order valence-corrected chi connectivity index (χ1v) is 5.49. The summed E-state index contributed by atoms with van der Waals surface area (Å²) in [5, 5.41) is 22.7. The zero-order chi connectivity index (χ0) is 16.4. The minimum Gasteiger partial charge on any atom is -0.276 e. The standard InChI is InChI=1S/C10H10F3N3O5/c1-3-14(21-2)9-7(15(17)18)4-6(10(11,12)13)5-8(9)16(19)20/h4-5H,3H2,1-2H3. The summed E-state index contributed by atoms with van der Waals surface area (Å²) in [5.41, 5.74) is -4.22. The molecule has 0 aliphatic heterocycles. The van der Waals surface area contributed by atoms with E-state index < -0.39 is 38.6 Å². The monoisotopic (exact) mass is 309 g/mol. The highest BCUT2D eigenvalue weighted by molar-refractivity contribution is 5.75. The van der Waals surface area contributed by atoms with E-state index >= 15 is 0 Å². The number of hydrogen-bond acceptors (Lipinski definition) is 6. The number of hydrogen-bond donors (Lipinski definition) is 0. The summed E-state index contributed by atoms with van der Waals surface area (Å²) in [6.45, 7) is 1.43. The maximum absolute atomic E-state index is 12.7. The summed E-state index contributed by atoms with van der Waals surface area (Å²) in [6, 6.07) is 0.480. The van der Waals surface area contributed by atoms with Gasteiger partial charge in [-0.1, -0.05) is 0 Å². The van der Waals surface area contributed by atoms with Crippen LogP contribution >= 0.6 is 0 Å². The lowest BCUT2D eigenvalue weighted by Crippen LogP contribution is -2.23. The Morgan fingerprint density at radius 2 is 1.62 bits per heavy atom. The Morgan fingerprint density at radius 3 is 1.86 bits per heavy atom. The van der Waals surface area contributed by atoms with Gasteiger partial charge in [-0.15, -0.1) is 0 Å². The fourth-order valence-corrected chi connectivity index (χ4v) is 1.68. The molecular formula is C10H10F3N3O5. The molecule has 0 atom stereocenters. The molecule has 0 spiro atoms. The molecule has 0 aliphatic rings. The Labute approximate surface area is 116 Å². The fraction of sp³-hybridized carbons (Fsp3) is 0.400. The van der Waals surface area contributed by atoms with E-state index in [1.807, 2.05) is 0 Å². The third kappa shape index (κ3) is 3.37. The number of nitrogens with zero attached hydrogens (tertiary/aromatic N) is 3. The molecule has 0 heterocycles. The van der Waals surface area contributed by atoms with Crippen LogP contribution in [0.25, 0.3) is 0 Å². The van der Waals surface area contributed by atoms with Crippen molar-refractivity contribution in [2.45, 2.75) is 13.1 Å². The smallest absolute Gasteiger partial charge is 0.276 e. The molecule has 1 rings (SSSR count). The third-order valence-corrected chi connectivity index (χ3v) is 2.55. The Hall–Kier alpha value is -2.43. The highest BCUT2D eigenvalue weighted by Gasteiger charge is 2.39. The number of nitro benzene ring substituents is 2. The van der Waals surface area contributed by atoms with Gasteiger partial charge < -0.3 is 0 Å². The first kappa shape index (κ1) is 16.6. The molecule has 0 fully saturated rings. The van der Waals surface area contributed by atoms with Crippen LogP contribution in [0.3, 0.4) is 0 Å². The van der Waals surface area contributed by atoms with Crippen LogP contribution in [-0.2, 0) is 11.0 Å². The average molecular weight is 309 g/mol. The molecule has 116 valence electrons. The molecule has 1 aromatic rings. The van der Waals surface area contributed by atoms with Gasteiger partial charge in [0.15, 0.2) is 0 Å². The van der Waals surface area contributed by atoms with E-state index in [1.54, 1.807) is 0 Å². The van der Waals surface area contributed by atoms with Gasteiger partial charge in [-0.05, 0) is 6.92 Å². The molecular weight excluding hydrogens is 299 g/mol. The first-order valence-electron chi connectivity index (χ1n) is 5.49. The normalized spacial score (nSPS) is 11.3. The van der Waals surface area contributed by atoms with Crippen molar-refractivity contribution < 1.29 is 27.9 Å². The van der Waals surface area contributed by atoms with Crippen molar-refractivity contribution in [1.29, 1.82) is 0 Å². The van der Waals surface area contributed by atoms with Gasteiger partial charge in [-0.25, -0.2) is 5.06 Å². The molecule has 0 saturated heterocycles. The van der Waals surface area contributed by atoms with Crippen LogP contribution in [0.2, 0.25) is 0 Å². The van der Waals surface area contributed by atoms with Gasteiger partial charge in [-0.3, -0.25) is 25.1 Å². The Morgan fingerprint density at radius 1 is 1.19 bits per heavy atom. The van der Waals surface area contributed by atoms with Crippen molar-refractivity contribution in [2.75, 3.05) is 18.7 Å². The van der Waals surface area contributed by atoms with E-state index in [4.69, 9.17) is 4.84 Å². The largest absolute Gasteiger partial charge is 0.416 e. The number of rotatable bonds is 5. The van der Waals surface area contributed by atoms with E-state index in [0.717, 1.165) is 12.2 Å². The predicted molar refractivity (Wildman–Crippen MR) is 64.8 cm³/mol. The number of halogens is 3. The molecule has 0 aliphatic carbocycles. The lowest BCUT2D eigenvalue weighted by atomic mass is 10.1. The molecule has 0 radical (unpaired) electrons. The lowest BCUT2D eigenvalue weighted by Gasteiger charge is -2.20. The molecule has 8 nitrogen and oxygen atoms in total. The van der Waals surface area contributed by atoms with Crippen molar-refractivity contribution in [1.82, 2.24) is 0 Å². The van der Waals surface area contributed by atoms with Gasteiger partial charge in [0.25, 0.3) is 0 Å². The molecule has 11 heteroatoms. The zero-order valence-corrected chi connectivity index (χ0v) is 10.9. The van der Waals surface area contributed by atoms with Crippen LogP contribution in [0, 0.1) is 20.2 Å². The van der Waals surface area contributed by atoms with E-state index in [9.17, 15) is 33.4 Å². The Kier molecular flexibility index (Phi) is 4.68. The molecule has 0 saturated carbocycles. The van der Waals surface area contributed by atoms with Crippen LogP contribution < -0.4 is 5.06 Å². The van der Waals surface area contributed by atoms with Crippen LogP contribution in [0.5, 0.6) is 0 Å². The van der Waals surface area contributed by atoms with E-state index in [0.29, 0.717) is 0 Å². The molecule has 0 amide bonds. The minimum absolute atomic E-state index is 0.0382. The minimum atomic E-state index is -4.95. The number of anilines is 1. The Bertz CT molecular complexity index is 537. The number of alkyl halides is 3. The van der Waals surface area contributed by atoms with Gasteiger partial charge in [0.05, 0.1) is 22.5 Å². The molecule has 0 unspecified atom stereocenters. The summed E-state index contributed by atoms with van der Waals surface area (Å²) in [5.74, 6) is 0. The Balaban J connectivity index is 3.75. The SMILES string of the molecule is CCN(OC)c1c([N+](=O)[O-])cc(C(F)(F)F)cc1[N+](=O)[O-]. The van der Waals surface area contributed by atoms with Crippen molar-refractivity contribution in [2.24, 2.45) is 0 Å². The topological polar surface area (TPSA) is 98.8 Å². The fourth-order valence-electron chi connectivity index (χ4n) is 1.68. The molecule has 0 aromatic heterocycles. The summed E-state index contributed by atoms with van der Waals surface area (Å²) in [6.07, 6.45) is -4.95. The van der Waals surface area contributed by atoms with Crippen molar-refractivity contribution in [3.63, 3.8) is 0 Å². The first-order chi connectivity index (χ1) is 9.63. The number of benzene rings is 1.